The Morgan fingerprint density at radius 3 is 2.61 bits per heavy atom. The third-order valence-electron chi connectivity index (χ3n) is 5.43. The standard InChI is InChI=1S/C21H14BrClF3N3OS/c22-17-7-6-16(31-17)18-11(9-27)20(28)29(13-2-1-3-15(30)19(13)18)14-8-10(21(24,25)26)4-5-12(14)23/h4-8,11,18,28H,1-3H2. The predicted octanol–water partition coefficient (Wildman–Crippen LogP) is 6.91. The molecule has 1 aliphatic heterocycles. The highest BCUT2D eigenvalue weighted by atomic mass is 79.9. The molecule has 1 aromatic heterocycles. The number of allylic oxidation sites excluding steroid dienone is 2. The number of thiophene rings is 1. The average Bonchev–Trinajstić information content (AvgIpc) is 3.13. The number of hydrogen-bond acceptors (Lipinski definition) is 4. The van der Waals surface area contributed by atoms with Crippen molar-refractivity contribution >= 4 is 56.2 Å². The van der Waals surface area contributed by atoms with E-state index in [1.165, 1.54) is 16.2 Å². The van der Waals surface area contributed by atoms with Crippen molar-refractivity contribution in [1.29, 1.82) is 10.7 Å². The molecule has 1 N–H and O–H groups in total. The van der Waals surface area contributed by atoms with Crippen LogP contribution in [0.2, 0.25) is 5.02 Å². The van der Waals surface area contributed by atoms with E-state index in [2.05, 4.69) is 22.0 Å². The number of carbonyl (C=O) groups excluding carboxylic acids is 1. The van der Waals surface area contributed by atoms with Crippen molar-refractivity contribution < 1.29 is 18.0 Å². The molecular weight excluding hydrogens is 515 g/mol. The number of halogens is 5. The number of hydrogen-bond donors (Lipinski definition) is 1. The summed E-state index contributed by atoms with van der Waals surface area (Å²) in [6.45, 7) is 0. The Hall–Kier alpha value is -2.15. The van der Waals surface area contributed by atoms with Crippen molar-refractivity contribution in [1.82, 2.24) is 0 Å². The highest BCUT2D eigenvalue weighted by molar-refractivity contribution is 9.11. The summed E-state index contributed by atoms with van der Waals surface area (Å²) in [5.74, 6) is -2.03. The van der Waals surface area contributed by atoms with Crippen LogP contribution in [0.5, 0.6) is 0 Å². The van der Waals surface area contributed by atoms with Gasteiger partial charge in [-0.25, -0.2) is 0 Å². The molecule has 0 saturated heterocycles. The number of nitrogens with zero attached hydrogens (tertiary/aromatic N) is 2. The van der Waals surface area contributed by atoms with Gasteiger partial charge < -0.3 is 0 Å². The van der Waals surface area contributed by atoms with Gasteiger partial charge in [-0.2, -0.15) is 18.4 Å². The van der Waals surface area contributed by atoms with Gasteiger partial charge in [0.2, 0.25) is 0 Å². The number of benzene rings is 1. The Bertz CT molecular complexity index is 1170. The third-order valence-corrected chi connectivity index (χ3v) is 7.46. The van der Waals surface area contributed by atoms with Gasteiger partial charge in [0.25, 0.3) is 0 Å². The van der Waals surface area contributed by atoms with Gasteiger partial charge in [0.05, 0.1) is 26.1 Å². The number of rotatable bonds is 2. The molecule has 0 fully saturated rings. The maximum absolute atomic E-state index is 13.4. The summed E-state index contributed by atoms with van der Waals surface area (Å²) in [4.78, 5) is 15.0. The fourth-order valence-corrected chi connectivity index (χ4v) is 5.89. The van der Waals surface area contributed by atoms with Gasteiger partial charge in [0.15, 0.2) is 5.78 Å². The van der Waals surface area contributed by atoms with E-state index >= 15 is 0 Å². The first-order valence-electron chi connectivity index (χ1n) is 9.30. The van der Waals surface area contributed by atoms with Crippen LogP contribution in [0.4, 0.5) is 18.9 Å². The molecule has 0 bridgehead atoms. The van der Waals surface area contributed by atoms with E-state index in [1.54, 1.807) is 6.07 Å². The number of alkyl halides is 3. The second-order valence-corrected chi connectivity index (χ2v) is 10.1. The van der Waals surface area contributed by atoms with E-state index in [-0.39, 0.29) is 28.7 Å². The number of nitrogens with one attached hydrogen (secondary N) is 1. The molecule has 2 aromatic rings. The number of anilines is 1. The van der Waals surface area contributed by atoms with Crippen LogP contribution >= 0.6 is 38.9 Å². The van der Waals surface area contributed by atoms with Crippen molar-refractivity contribution in [3.8, 4) is 6.07 Å². The molecule has 4 nitrogen and oxygen atoms in total. The van der Waals surface area contributed by atoms with Crippen LogP contribution < -0.4 is 4.90 Å². The van der Waals surface area contributed by atoms with Crippen LogP contribution in [-0.2, 0) is 11.0 Å². The molecule has 10 heteroatoms. The summed E-state index contributed by atoms with van der Waals surface area (Å²) in [7, 11) is 0. The van der Waals surface area contributed by atoms with Gasteiger partial charge in [0.1, 0.15) is 11.8 Å². The summed E-state index contributed by atoms with van der Waals surface area (Å²) in [5, 5.41) is 18.7. The van der Waals surface area contributed by atoms with Crippen LogP contribution in [0.15, 0.2) is 45.4 Å². The molecule has 1 aromatic carbocycles. The highest BCUT2D eigenvalue weighted by Gasteiger charge is 2.46. The minimum atomic E-state index is -4.60. The summed E-state index contributed by atoms with van der Waals surface area (Å²) in [6.07, 6.45) is -3.40. The van der Waals surface area contributed by atoms with Gasteiger partial charge in [-0.1, -0.05) is 11.6 Å². The number of Topliss-reactive ketones (excluding diaryl/α,β-unsaturated/α-hetero) is 1. The summed E-state index contributed by atoms with van der Waals surface area (Å²) < 4.78 is 40.9. The van der Waals surface area contributed by atoms with E-state index in [1.807, 2.05) is 6.07 Å². The van der Waals surface area contributed by atoms with Gasteiger partial charge in [-0.15, -0.1) is 11.3 Å². The molecule has 31 heavy (non-hydrogen) atoms. The average molecular weight is 529 g/mol. The molecule has 160 valence electrons. The lowest BCUT2D eigenvalue weighted by Crippen LogP contribution is -2.45. The molecule has 0 radical (unpaired) electrons. The lowest BCUT2D eigenvalue weighted by Gasteiger charge is -2.42. The largest absolute Gasteiger partial charge is 0.416 e. The Labute approximate surface area is 193 Å². The summed E-state index contributed by atoms with van der Waals surface area (Å²) >= 11 is 11.0. The number of amidine groups is 1. The maximum Gasteiger partial charge on any atom is 0.416 e. The lowest BCUT2D eigenvalue weighted by molar-refractivity contribution is -0.137. The van der Waals surface area contributed by atoms with Crippen LogP contribution in [0.1, 0.15) is 35.6 Å². The van der Waals surface area contributed by atoms with Gasteiger partial charge in [0, 0.05) is 28.5 Å². The van der Waals surface area contributed by atoms with E-state index < -0.39 is 23.6 Å². The van der Waals surface area contributed by atoms with Gasteiger partial charge >= 0.3 is 6.18 Å². The third kappa shape index (κ3) is 3.81. The Balaban J connectivity index is 1.97. The molecule has 2 heterocycles. The molecule has 0 saturated carbocycles. The first-order valence-corrected chi connectivity index (χ1v) is 11.3. The first-order chi connectivity index (χ1) is 14.6. The van der Waals surface area contributed by atoms with Crippen LogP contribution in [0.25, 0.3) is 0 Å². The van der Waals surface area contributed by atoms with E-state index in [4.69, 9.17) is 17.0 Å². The van der Waals surface area contributed by atoms with E-state index in [0.29, 0.717) is 24.1 Å². The molecular formula is C21H14BrClF3N3OS. The fourth-order valence-electron chi connectivity index (χ4n) is 4.11. The Kier molecular flexibility index (Phi) is 5.75. The fraction of sp³-hybridized carbons (Fsp3) is 0.286. The second kappa shape index (κ2) is 8.08. The zero-order valence-corrected chi connectivity index (χ0v) is 18.9. The van der Waals surface area contributed by atoms with Crippen molar-refractivity contribution in [2.45, 2.75) is 31.4 Å². The number of carbonyl (C=O) groups is 1. The van der Waals surface area contributed by atoms with Crippen molar-refractivity contribution in [2.75, 3.05) is 4.90 Å². The van der Waals surface area contributed by atoms with Crippen molar-refractivity contribution in [3.63, 3.8) is 0 Å². The predicted molar refractivity (Wildman–Crippen MR) is 116 cm³/mol. The molecule has 0 amide bonds. The normalized spacial score (nSPS) is 21.9. The van der Waals surface area contributed by atoms with E-state index in [0.717, 1.165) is 26.9 Å². The molecule has 2 unspecified atom stereocenters. The lowest BCUT2D eigenvalue weighted by atomic mass is 9.74. The van der Waals surface area contributed by atoms with Crippen molar-refractivity contribution in [2.24, 2.45) is 5.92 Å². The summed E-state index contributed by atoms with van der Waals surface area (Å²) in [5.41, 5.74) is -0.128. The quantitative estimate of drug-likeness (QED) is 0.460. The van der Waals surface area contributed by atoms with Crippen LogP contribution in [0, 0.1) is 22.7 Å². The molecule has 0 spiro atoms. The molecule has 1 aliphatic carbocycles. The molecule has 2 atom stereocenters. The number of nitriles is 1. The van der Waals surface area contributed by atoms with Crippen molar-refractivity contribution in [3.05, 3.63) is 60.9 Å². The minimum absolute atomic E-state index is 0.0108. The van der Waals surface area contributed by atoms with Crippen LogP contribution in [-0.4, -0.2) is 11.6 Å². The minimum Gasteiger partial charge on any atom is -0.300 e. The Morgan fingerprint density at radius 1 is 1.26 bits per heavy atom. The summed E-state index contributed by atoms with van der Waals surface area (Å²) in [6, 6.07) is 8.58. The maximum atomic E-state index is 13.4. The van der Waals surface area contributed by atoms with Gasteiger partial charge in [-0.05, 0) is 59.1 Å². The topological polar surface area (TPSA) is 68.0 Å². The number of ketones is 1. The zero-order valence-electron chi connectivity index (χ0n) is 15.8. The Morgan fingerprint density at radius 2 is 2.00 bits per heavy atom. The SMILES string of the molecule is N#CC1C(=N)N(c2cc(C(F)(F)F)ccc2Cl)C2=C(C(=O)CCC2)C1c1ccc(Br)s1. The molecule has 4 rings (SSSR count). The second-order valence-electron chi connectivity index (χ2n) is 7.25. The smallest absolute Gasteiger partial charge is 0.300 e. The zero-order chi connectivity index (χ0) is 22.5. The molecule has 2 aliphatic rings. The van der Waals surface area contributed by atoms with E-state index in [9.17, 15) is 23.2 Å². The van der Waals surface area contributed by atoms with Crippen LogP contribution in [0.3, 0.4) is 0 Å². The highest BCUT2D eigenvalue weighted by Crippen LogP contribution is 2.49. The first kappa shape index (κ1) is 22.1. The van der Waals surface area contributed by atoms with Gasteiger partial charge in [-0.3, -0.25) is 15.1 Å². The monoisotopic (exact) mass is 527 g/mol.